The molecule has 0 aliphatic rings. The van der Waals surface area contributed by atoms with Crippen molar-refractivity contribution < 1.29 is 9.90 Å². The minimum Gasteiger partial charge on any atom is -0.507 e. The van der Waals surface area contributed by atoms with Crippen molar-refractivity contribution in [2.24, 2.45) is 5.10 Å². The van der Waals surface area contributed by atoms with Crippen molar-refractivity contribution in [3.8, 4) is 5.75 Å². The normalized spacial score (nSPS) is 11.5. The molecule has 4 rings (SSSR count). The molecule has 0 radical (unpaired) electrons. The van der Waals surface area contributed by atoms with Crippen LogP contribution in [0.4, 0.5) is 5.13 Å². The van der Waals surface area contributed by atoms with Gasteiger partial charge in [0, 0.05) is 10.0 Å². The Hall–Kier alpha value is -2.97. The second-order valence-corrected chi connectivity index (χ2v) is 8.17. The highest BCUT2D eigenvalue weighted by molar-refractivity contribution is 9.10. The van der Waals surface area contributed by atoms with Gasteiger partial charge in [0.25, 0.3) is 0 Å². The third-order valence-electron chi connectivity index (χ3n) is 4.22. The molecule has 0 saturated carbocycles. The van der Waals surface area contributed by atoms with E-state index >= 15 is 0 Å². The molecule has 4 N–H and O–H groups in total. The zero-order chi connectivity index (χ0) is 19.7. The van der Waals surface area contributed by atoms with Crippen molar-refractivity contribution in [2.45, 2.75) is 6.42 Å². The predicted molar refractivity (Wildman–Crippen MR) is 117 cm³/mol. The molecule has 140 valence electrons. The van der Waals surface area contributed by atoms with E-state index in [1.807, 2.05) is 42.5 Å². The number of amides is 1. The number of nitrogen functional groups attached to an aromatic ring is 1. The zero-order valence-corrected chi connectivity index (χ0v) is 16.9. The summed E-state index contributed by atoms with van der Waals surface area (Å²) < 4.78 is 1.89. The van der Waals surface area contributed by atoms with E-state index in [0.717, 1.165) is 31.0 Å². The number of phenols is 1. The van der Waals surface area contributed by atoms with Crippen LogP contribution in [0.2, 0.25) is 0 Å². The minimum absolute atomic E-state index is 0.0982. The van der Waals surface area contributed by atoms with Gasteiger partial charge in [0.05, 0.1) is 22.9 Å². The number of benzene rings is 3. The van der Waals surface area contributed by atoms with E-state index < -0.39 is 0 Å². The number of aromatic nitrogens is 1. The van der Waals surface area contributed by atoms with Crippen LogP contribution >= 0.6 is 27.3 Å². The number of phenolic OH excluding ortho intramolecular Hbond substituents is 1. The van der Waals surface area contributed by atoms with Crippen molar-refractivity contribution in [1.29, 1.82) is 0 Å². The third kappa shape index (κ3) is 3.83. The highest BCUT2D eigenvalue weighted by atomic mass is 79.9. The molecule has 6 nitrogen and oxygen atoms in total. The first-order chi connectivity index (χ1) is 13.5. The summed E-state index contributed by atoms with van der Waals surface area (Å²) >= 11 is 4.82. The van der Waals surface area contributed by atoms with Gasteiger partial charge in [-0.1, -0.05) is 45.5 Å². The third-order valence-corrected chi connectivity index (χ3v) is 5.56. The Morgan fingerprint density at radius 3 is 2.96 bits per heavy atom. The summed E-state index contributed by atoms with van der Waals surface area (Å²) in [7, 11) is 0. The van der Waals surface area contributed by atoms with E-state index in [0.29, 0.717) is 10.7 Å². The fourth-order valence-electron chi connectivity index (χ4n) is 2.94. The van der Waals surface area contributed by atoms with Crippen molar-refractivity contribution in [1.82, 2.24) is 10.4 Å². The lowest BCUT2D eigenvalue weighted by Crippen LogP contribution is -2.19. The number of nitrogens with two attached hydrogens (primary N) is 1. The highest BCUT2D eigenvalue weighted by Gasteiger charge is 2.08. The molecule has 1 heterocycles. The number of aromatic hydroxyl groups is 1. The second kappa shape index (κ2) is 7.57. The van der Waals surface area contributed by atoms with Gasteiger partial charge in [-0.3, -0.25) is 4.79 Å². The molecule has 0 aliphatic heterocycles. The van der Waals surface area contributed by atoms with Crippen LogP contribution in [-0.4, -0.2) is 22.2 Å². The molecular weight excluding hydrogens is 440 g/mol. The Kier molecular flexibility index (Phi) is 4.97. The molecule has 28 heavy (non-hydrogen) atoms. The molecule has 0 saturated heterocycles. The summed E-state index contributed by atoms with van der Waals surface area (Å²) in [6, 6.07) is 14.8. The number of hydrazone groups is 1. The highest BCUT2D eigenvalue weighted by Crippen LogP contribution is 2.28. The molecule has 3 aromatic carbocycles. The molecule has 1 amide bonds. The van der Waals surface area contributed by atoms with Crippen LogP contribution in [-0.2, 0) is 11.2 Å². The molecule has 0 fully saturated rings. The van der Waals surface area contributed by atoms with Crippen LogP contribution in [0.3, 0.4) is 0 Å². The average Bonchev–Trinajstić information content (AvgIpc) is 3.03. The monoisotopic (exact) mass is 454 g/mol. The molecule has 0 aliphatic carbocycles. The van der Waals surface area contributed by atoms with Gasteiger partial charge in [-0.25, -0.2) is 10.4 Å². The van der Waals surface area contributed by atoms with Gasteiger partial charge in [0.1, 0.15) is 5.75 Å². The Balaban J connectivity index is 1.49. The Bertz CT molecular complexity index is 1240. The smallest absolute Gasteiger partial charge is 0.244 e. The Morgan fingerprint density at radius 1 is 1.25 bits per heavy atom. The largest absolute Gasteiger partial charge is 0.507 e. The Morgan fingerprint density at radius 2 is 2.11 bits per heavy atom. The number of anilines is 1. The molecule has 0 atom stereocenters. The van der Waals surface area contributed by atoms with Gasteiger partial charge in [-0.15, -0.1) is 0 Å². The summed E-state index contributed by atoms with van der Waals surface area (Å²) in [5.41, 5.74) is 10.4. The summed E-state index contributed by atoms with van der Waals surface area (Å²) in [4.78, 5) is 16.4. The van der Waals surface area contributed by atoms with Crippen LogP contribution in [0.25, 0.3) is 21.0 Å². The van der Waals surface area contributed by atoms with Gasteiger partial charge >= 0.3 is 0 Å². The SMILES string of the molecule is Nc1nc2ccc(CC(=O)N/N=C\c3c(O)ccc4cc(Br)ccc34)cc2s1. The van der Waals surface area contributed by atoms with Crippen LogP contribution in [0.15, 0.2) is 58.1 Å². The van der Waals surface area contributed by atoms with E-state index in [1.54, 1.807) is 6.07 Å². The molecule has 0 spiro atoms. The standard InChI is InChI=1S/C20H15BrN4O2S/c21-13-3-4-14-12(9-13)2-6-17(26)15(14)10-23-25-19(27)8-11-1-5-16-18(7-11)28-20(22)24-16/h1-7,9-10,26H,8H2,(H2,22,24)(H,25,27)/b23-10-. The second-order valence-electron chi connectivity index (χ2n) is 6.19. The van der Waals surface area contributed by atoms with Gasteiger partial charge in [-0.05, 0) is 46.7 Å². The van der Waals surface area contributed by atoms with Gasteiger partial charge in [0.2, 0.25) is 5.91 Å². The van der Waals surface area contributed by atoms with Crippen LogP contribution in [0, 0.1) is 0 Å². The number of thiazole rings is 1. The van der Waals surface area contributed by atoms with Gasteiger partial charge in [-0.2, -0.15) is 5.10 Å². The molecule has 8 heteroatoms. The van der Waals surface area contributed by atoms with Crippen LogP contribution < -0.4 is 11.2 Å². The molecule has 0 unspecified atom stereocenters. The molecular formula is C20H15BrN4O2S. The van der Waals surface area contributed by atoms with E-state index in [1.165, 1.54) is 17.6 Å². The lowest BCUT2D eigenvalue weighted by molar-refractivity contribution is -0.120. The summed E-state index contributed by atoms with van der Waals surface area (Å²) in [5.74, 6) is -0.156. The zero-order valence-electron chi connectivity index (χ0n) is 14.5. The molecule has 1 aromatic heterocycles. The number of carbonyl (C=O) groups excluding carboxylic acids is 1. The van der Waals surface area contributed by atoms with E-state index in [-0.39, 0.29) is 18.1 Å². The first-order valence-electron chi connectivity index (χ1n) is 8.38. The lowest BCUT2D eigenvalue weighted by atomic mass is 10.0. The van der Waals surface area contributed by atoms with E-state index in [4.69, 9.17) is 5.73 Å². The minimum atomic E-state index is -0.254. The number of nitrogens with zero attached hydrogens (tertiary/aromatic N) is 2. The lowest BCUT2D eigenvalue weighted by Gasteiger charge is -2.06. The van der Waals surface area contributed by atoms with Crippen molar-refractivity contribution in [2.75, 3.05) is 5.73 Å². The maximum atomic E-state index is 12.2. The number of carbonyl (C=O) groups is 1. The predicted octanol–water partition coefficient (Wildman–Crippen LogP) is 4.19. The number of rotatable bonds is 4. The maximum Gasteiger partial charge on any atom is 0.244 e. The van der Waals surface area contributed by atoms with Gasteiger partial charge < -0.3 is 10.8 Å². The first kappa shape index (κ1) is 18.4. The number of hydrogen-bond acceptors (Lipinski definition) is 6. The first-order valence-corrected chi connectivity index (χ1v) is 9.98. The quantitative estimate of drug-likeness (QED) is 0.317. The van der Waals surface area contributed by atoms with Gasteiger partial charge in [0.15, 0.2) is 5.13 Å². The fourth-order valence-corrected chi connectivity index (χ4v) is 4.12. The van der Waals surface area contributed by atoms with Crippen molar-refractivity contribution in [3.63, 3.8) is 0 Å². The van der Waals surface area contributed by atoms with Crippen LogP contribution in [0.1, 0.15) is 11.1 Å². The molecule has 0 bridgehead atoms. The molecule has 4 aromatic rings. The van der Waals surface area contributed by atoms with Crippen molar-refractivity contribution in [3.05, 3.63) is 64.1 Å². The summed E-state index contributed by atoms with van der Waals surface area (Å²) in [5, 5.41) is 16.5. The maximum absolute atomic E-state index is 12.2. The van der Waals surface area contributed by atoms with E-state index in [2.05, 4.69) is 31.4 Å². The van der Waals surface area contributed by atoms with E-state index in [9.17, 15) is 9.90 Å². The fraction of sp³-hybridized carbons (Fsp3) is 0.0500. The topological polar surface area (TPSA) is 101 Å². The van der Waals surface area contributed by atoms with Crippen LogP contribution in [0.5, 0.6) is 5.75 Å². The number of hydrogen-bond donors (Lipinski definition) is 3. The number of nitrogens with one attached hydrogen (secondary N) is 1. The van der Waals surface area contributed by atoms with Crippen molar-refractivity contribution >= 4 is 65.5 Å². The number of halogens is 1. The summed E-state index contributed by atoms with van der Waals surface area (Å²) in [6.07, 6.45) is 1.64. The average molecular weight is 455 g/mol. The summed E-state index contributed by atoms with van der Waals surface area (Å²) in [6.45, 7) is 0. The Labute approximate surface area is 172 Å². The number of fused-ring (bicyclic) bond motifs is 2.